The number of ether oxygens (including phenoxy) is 2. The number of benzene rings is 4. The Bertz CT molecular complexity index is 1640. The second-order valence-electron chi connectivity index (χ2n) is 7.64. The van der Waals surface area contributed by atoms with Crippen molar-refractivity contribution in [2.24, 2.45) is 0 Å². The summed E-state index contributed by atoms with van der Waals surface area (Å²) in [7, 11) is 1.56. The van der Waals surface area contributed by atoms with Crippen molar-refractivity contribution < 1.29 is 28.4 Å². The van der Waals surface area contributed by atoms with Gasteiger partial charge in [-0.1, -0.05) is 36.4 Å². The van der Waals surface area contributed by atoms with Crippen LogP contribution < -0.4 is 14.9 Å². The smallest absolute Gasteiger partial charge is 0.492 e. The minimum atomic E-state index is -1.57. The molecule has 0 amide bonds. The number of methoxy groups -OCH3 is 2. The van der Waals surface area contributed by atoms with Gasteiger partial charge in [0.25, 0.3) is 0 Å². The second kappa shape index (κ2) is 9.06. The fourth-order valence-corrected chi connectivity index (χ4v) is 4.54. The van der Waals surface area contributed by atoms with Gasteiger partial charge < -0.3 is 28.4 Å². The van der Waals surface area contributed by atoms with Crippen LogP contribution in [0.1, 0.15) is 0 Å². The van der Waals surface area contributed by atoms with E-state index in [1.54, 1.807) is 19.2 Å². The predicted octanol–water partition coefficient (Wildman–Crippen LogP) is 5.63. The van der Waals surface area contributed by atoms with E-state index in [0.29, 0.717) is 16.8 Å². The van der Waals surface area contributed by atoms with Gasteiger partial charge in [-0.25, -0.2) is 0 Å². The first-order valence-electron chi connectivity index (χ1n) is 10.5. The highest BCUT2D eigenvalue weighted by Gasteiger charge is 2.20. The molecule has 6 rings (SSSR count). The van der Waals surface area contributed by atoms with E-state index in [9.17, 15) is 10.0 Å². The summed E-state index contributed by atoms with van der Waals surface area (Å²) in [5.74, 6) is 1.18. The number of furan rings is 2. The molecule has 0 saturated heterocycles. The lowest BCUT2D eigenvalue weighted by Crippen LogP contribution is -2.31. The van der Waals surface area contributed by atoms with Gasteiger partial charge in [-0.05, 0) is 40.2 Å². The van der Waals surface area contributed by atoms with E-state index in [1.807, 2.05) is 54.6 Å². The zero-order valence-electron chi connectivity index (χ0n) is 18.4. The molecular formula is C26H20BBrO6. The molecular weight excluding hydrogens is 499 g/mol. The summed E-state index contributed by atoms with van der Waals surface area (Å²) in [6, 6.07) is 22.9. The lowest BCUT2D eigenvalue weighted by molar-refractivity contribution is 0.403. The summed E-state index contributed by atoms with van der Waals surface area (Å²) in [5.41, 5.74) is 3.51. The second-order valence-corrected chi connectivity index (χ2v) is 8.50. The molecule has 170 valence electrons. The van der Waals surface area contributed by atoms with E-state index in [4.69, 9.17) is 18.3 Å². The standard InChI is InChI=1S/C13H11BO4.C13H9BrO2/c1-17-13-7-12-9(6-10(13)14(15)16)8-4-2-3-5-11(8)18-12;1-15-13-7-12-9(6-10(13)14)8-4-2-3-5-11(8)16-12/h2-7,15-16H,1H3;2-7H,1H3. The summed E-state index contributed by atoms with van der Waals surface area (Å²) in [5, 5.41) is 22.7. The number of hydrogen-bond donors (Lipinski definition) is 2. The average Bonchev–Trinajstić information content (AvgIpc) is 3.40. The number of rotatable bonds is 3. The number of hydrogen-bond acceptors (Lipinski definition) is 6. The summed E-state index contributed by atoms with van der Waals surface area (Å²) in [4.78, 5) is 0. The molecule has 0 unspecified atom stereocenters. The lowest BCUT2D eigenvalue weighted by atomic mass is 9.79. The van der Waals surface area contributed by atoms with Crippen LogP contribution in [-0.4, -0.2) is 31.4 Å². The van der Waals surface area contributed by atoms with Crippen molar-refractivity contribution in [2.75, 3.05) is 14.2 Å². The van der Waals surface area contributed by atoms with Crippen LogP contribution in [0.5, 0.6) is 11.5 Å². The van der Waals surface area contributed by atoms with Gasteiger partial charge in [0.15, 0.2) is 0 Å². The third-order valence-corrected chi connectivity index (χ3v) is 6.28. The van der Waals surface area contributed by atoms with Gasteiger partial charge >= 0.3 is 7.12 Å². The predicted molar refractivity (Wildman–Crippen MR) is 138 cm³/mol. The van der Waals surface area contributed by atoms with Gasteiger partial charge in [0.05, 0.1) is 18.7 Å². The number of halogens is 1. The molecule has 2 aromatic heterocycles. The summed E-state index contributed by atoms with van der Waals surface area (Å²) in [6.45, 7) is 0. The Morgan fingerprint density at radius 1 is 0.647 bits per heavy atom. The molecule has 0 aliphatic carbocycles. The molecule has 0 radical (unpaired) electrons. The largest absolute Gasteiger partial charge is 0.497 e. The monoisotopic (exact) mass is 518 g/mol. The van der Waals surface area contributed by atoms with Crippen molar-refractivity contribution >= 4 is 72.4 Å². The molecule has 0 atom stereocenters. The Balaban J connectivity index is 0.000000142. The van der Waals surface area contributed by atoms with Crippen molar-refractivity contribution in [1.29, 1.82) is 0 Å². The van der Waals surface area contributed by atoms with Crippen LogP contribution in [-0.2, 0) is 0 Å². The van der Waals surface area contributed by atoms with Crippen LogP contribution in [0.3, 0.4) is 0 Å². The Morgan fingerprint density at radius 2 is 1.15 bits per heavy atom. The van der Waals surface area contributed by atoms with Crippen molar-refractivity contribution in [3.63, 3.8) is 0 Å². The maximum absolute atomic E-state index is 9.35. The Labute approximate surface area is 203 Å². The van der Waals surface area contributed by atoms with E-state index < -0.39 is 7.12 Å². The SMILES string of the molecule is COc1cc2oc3ccccc3c2cc1B(O)O.COc1cc2oc3ccccc3c2cc1Br. The molecule has 6 aromatic rings. The van der Waals surface area contributed by atoms with E-state index in [2.05, 4.69) is 22.0 Å². The van der Waals surface area contributed by atoms with Crippen LogP contribution in [0.2, 0.25) is 0 Å². The number of fused-ring (bicyclic) bond motifs is 6. The Hall–Kier alpha value is -3.46. The van der Waals surface area contributed by atoms with Gasteiger partial charge in [0.2, 0.25) is 0 Å². The van der Waals surface area contributed by atoms with E-state index in [-0.39, 0.29) is 0 Å². The zero-order valence-corrected chi connectivity index (χ0v) is 20.0. The third-order valence-electron chi connectivity index (χ3n) is 5.66. The van der Waals surface area contributed by atoms with E-state index in [1.165, 1.54) is 7.11 Å². The molecule has 6 nitrogen and oxygen atoms in total. The molecule has 0 aliphatic rings. The minimum absolute atomic E-state index is 0.330. The first-order valence-corrected chi connectivity index (χ1v) is 11.3. The zero-order chi connectivity index (χ0) is 23.8. The van der Waals surface area contributed by atoms with Gasteiger partial charge in [0.1, 0.15) is 33.8 Å². The average molecular weight is 519 g/mol. The molecule has 2 N–H and O–H groups in total. The Morgan fingerprint density at radius 3 is 1.68 bits per heavy atom. The maximum Gasteiger partial charge on any atom is 0.492 e. The lowest BCUT2D eigenvalue weighted by Gasteiger charge is -2.07. The van der Waals surface area contributed by atoms with Gasteiger partial charge in [-0.15, -0.1) is 0 Å². The molecule has 0 fully saturated rings. The molecule has 2 heterocycles. The maximum atomic E-state index is 9.35. The van der Waals surface area contributed by atoms with Gasteiger partial charge in [0, 0.05) is 39.1 Å². The van der Waals surface area contributed by atoms with Crippen molar-refractivity contribution in [1.82, 2.24) is 0 Å². The highest BCUT2D eigenvalue weighted by molar-refractivity contribution is 9.10. The normalized spacial score (nSPS) is 11.1. The fraction of sp³-hybridized carbons (Fsp3) is 0.0769. The molecule has 4 aromatic carbocycles. The molecule has 34 heavy (non-hydrogen) atoms. The van der Waals surface area contributed by atoms with Crippen molar-refractivity contribution in [2.45, 2.75) is 0 Å². The van der Waals surface area contributed by atoms with E-state index >= 15 is 0 Å². The van der Waals surface area contributed by atoms with Crippen molar-refractivity contribution in [3.8, 4) is 11.5 Å². The molecule has 0 aliphatic heterocycles. The highest BCUT2D eigenvalue weighted by atomic mass is 79.9. The van der Waals surface area contributed by atoms with Crippen LogP contribution in [0, 0.1) is 0 Å². The van der Waals surface area contributed by atoms with Gasteiger partial charge in [-0.3, -0.25) is 0 Å². The van der Waals surface area contributed by atoms with E-state index in [0.717, 1.165) is 48.5 Å². The first kappa shape index (κ1) is 22.3. The number of para-hydroxylation sites is 2. The third kappa shape index (κ3) is 3.90. The molecule has 0 spiro atoms. The van der Waals surface area contributed by atoms with Gasteiger partial charge in [-0.2, -0.15) is 0 Å². The van der Waals surface area contributed by atoms with Crippen LogP contribution >= 0.6 is 15.9 Å². The molecule has 0 saturated carbocycles. The molecule has 0 bridgehead atoms. The van der Waals surface area contributed by atoms with Crippen molar-refractivity contribution in [3.05, 3.63) is 77.3 Å². The quantitative estimate of drug-likeness (QED) is 0.295. The van der Waals surface area contributed by atoms with Crippen LogP contribution in [0.25, 0.3) is 43.9 Å². The van der Waals surface area contributed by atoms with Crippen LogP contribution in [0.15, 0.2) is 86.1 Å². The summed E-state index contributed by atoms with van der Waals surface area (Å²) < 4.78 is 22.7. The summed E-state index contributed by atoms with van der Waals surface area (Å²) >= 11 is 3.48. The highest BCUT2D eigenvalue weighted by Crippen LogP contribution is 2.36. The summed E-state index contributed by atoms with van der Waals surface area (Å²) in [6.07, 6.45) is 0. The minimum Gasteiger partial charge on any atom is -0.497 e. The topological polar surface area (TPSA) is 85.2 Å². The van der Waals surface area contributed by atoms with Crippen LogP contribution in [0.4, 0.5) is 0 Å². The first-order chi connectivity index (χ1) is 16.5. The molecule has 8 heteroatoms. The fourth-order valence-electron chi connectivity index (χ4n) is 4.03. The Kier molecular flexibility index (Phi) is 5.95.